The molecule has 4 aromatic rings. The van der Waals surface area contributed by atoms with Crippen LogP contribution in [-0.2, 0) is 4.57 Å². The van der Waals surface area contributed by atoms with Crippen LogP contribution < -0.4 is 5.30 Å². The van der Waals surface area contributed by atoms with E-state index in [-0.39, 0.29) is 8.46 Å². The van der Waals surface area contributed by atoms with E-state index in [0.717, 1.165) is 67.1 Å². The first kappa shape index (κ1) is 28.9. The molecule has 0 amide bonds. The van der Waals surface area contributed by atoms with Crippen LogP contribution in [0.4, 0.5) is 0 Å². The van der Waals surface area contributed by atoms with Crippen molar-refractivity contribution < 1.29 is 4.57 Å². The van der Waals surface area contributed by atoms with Gasteiger partial charge in [0, 0.05) is 9.13 Å². The SMILES string of the molecule is CCC=Cc1ccc(-c2cc(I)c(P=O)c(-c3ccc(C=CCC)cc3)c2-c2ccc(C=CCC)cc2)cc1. The summed E-state index contributed by atoms with van der Waals surface area (Å²) in [6.07, 6.45) is 16.0. The normalized spacial score (nSPS) is 11.9. The predicted molar refractivity (Wildman–Crippen MR) is 181 cm³/mol. The van der Waals surface area contributed by atoms with Crippen LogP contribution in [0.5, 0.6) is 0 Å². The third-order valence-corrected chi connectivity index (χ3v) is 8.53. The molecule has 0 bridgehead atoms. The molecule has 1 nitrogen and oxygen atoms in total. The molecule has 0 N–H and O–H groups in total. The van der Waals surface area contributed by atoms with Crippen molar-refractivity contribution in [2.75, 3.05) is 0 Å². The highest BCUT2D eigenvalue weighted by atomic mass is 127. The van der Waals surface area contributed by atoms with Gasteiger partial charge in [0.15, 0.2) is 8.46 Å². The number of hydrogen-bond acceptors (Lipinski definition) is 1. The van der Waals surface area contributed by atoms with Crippen LogP contribution in [0.25, 0.3) is 51.6 Å². The summed E-state index contributed by atoms with van der Waals surface area (Å²) in [4.78, 5) is 0. The molecule has 39 heavy (non-hydrogen) atoms. The third-order valence-electron chi connectivity index (χ3n) is 6.60. The lowest BCUT2D eigenvalue weighted by Gasteiger charge is -2.20. The van der Waals surface area contributed by atoms with Crippen LogP contribution in [0, 0.1) is 3.57 Å². The van der Waals surface area contributed by atoms with Gasteiger partial charge < -0.3 is 0 Å². The molecular formula is C36H34IOP. The molecule has 0 spiro atoms. The second kappa shape index (κ2) is 14.4. The van der Waals surface area contributed by atoms with Gasteiger partial charge in [0.1, 0.15) is 0 Å². The largest absolute Gasteiger partial charge is 0.269 e. The van der Waals surface area contributed by atoms with E-state index in [1.165, 1.54) is 11.1 Å². The second-order valence-electron chi connectivity index (χ2n) is 9.39. The monoisotopic (exact) mass is 640 g/mol. The van der Waals surface area contributed by atoms with Gasteiger partial charge in [-0.15, -0.1) is 0 Å². The van der Waals surface area contributed by atoms with E-state index in [1.807, 2.05) is 0 Å². The van der Waals surface area contributed by atoms with Gasteiger partial charge in [-0.3, -0.25) is 4.57 Å². The summed E-state index contributed by atoms with van der Waals surface area (Å²) in [7, 11) is 0.0156. The molecule has 0 atom stereocenters. The Morgan fingerprint density at radius 2 is 0.974 bits per heavy atom. The lowest BCUT2D eigenvalue weighted by Crippen LogP contribution is -2.07. The Morgan fingerprint density at radius 3 is 1.36 bits per heavy atom. The van der Waals surface area contributed by atoms with E-state index >= 15 is 0 Å². The molecule has 4 rings (SSSR count). The highest BCUT2D eigenvalue weighted by Gasteiger charge is 2.21. The lowest BCUT2D eigenvalue weighted by atomic mass is 9.87. The molecule has 0 saturated heterocycles. The summed E-state index contributed by atoms with van der Waals surface area (Å²) in [6.45, 7) is 6.43. The van der Waals surface area contributed by atoms with Crippen LogP contribution in [0.2, 0.25) is 0 Å². The standard InChI is InChI=1S/C36H34IOP/c1-4-7-10-26-13-19-29(20-14-26)32-25-33(37)36(39-38)35(31-23-17-28(18-24-31)12-9-6-3)34(32)30-21-15-27(16-22-30)11-8-5-2/h7-25H,4-6H2,1-3H3. The van der Waals surface area contributed by atoms with Crippen LogP contribution in [0.1, 0.15) is 56.7 Å². The molecule has 0 heterocycles. The minimum Gasteiger partial charge on any atom is -0.269 e. The van der Waals surface area contributed by atoms with Crippen molar-refractivity contribution in [3.8, 4) is 33.4 Å². The highest BCUT2D eigenvalue weighted by molar-refractivity contribution is 14.1. The van der Waals surface area contributed by atoms with E-state index in [0.29, 0.717) is 0 Å². The molecule has 0 aliphatic rings. The maximum Gasteiger partial charge on any atom is 0.194 e. The zero-order valence-corrected chi connectivity index (χ0v) is 25.9. The van der Waals surface area contributed by atoms with Gasteiger partial charge in [-0.05, 0) is 92.4 Å². The number of allylic oxidation sites excluding steroid dienone is 3. The Hall–Kier alpha value is -3.07. The van der Waals surface area contributed by atoms with E-state index in [4.69, 9.17) is 0 Å². The van der Waals surface area contributed by atoms with E-state index in [2.05, 4.69) is 159 Å². The molecule has 196 valence electrons. The summed E-state index contributed by atoms with van der Waals surface area (Å²) in [5.74, 6) is 0. The van der Waals surface area contributed by atoms with Crippen LogP contribution in [0.3, 0.4) is 0 Å². The Kier molecular flexibility index (Phi) is 10.6. The smallest absolute Gasteiger partial charge is 0.194 e. The predicted octanol–water partition coefficient (Wildman–Crippen LogP) is 11.5. The molecule has 4 aromatic carbocycles. The van der Waals surface area contributed by atoms with Crippen molar-refractivity contribution in [3.63, 3.8) is 0 Å². The van der Waals surface area contributed by atoms with E-state index in [9.17, 15) is 4.57 Å². The maximum atomic E-state index is 12.6. The average molecular weight is 641 g/mol. The number of benzene rings is 4. The quantitative estimate of drug-likeness (QED) is 0.125. The molecule has 0 saturated carbocycles. The topological polar surface area (TPSA) is 17.1 Å². The summed E-state index contributed by atoms with van der Waals surface area (Å²) < 4.78 is 13.6. The van der Waals surface area contributed by atoms with Gasteiger partial charge in [-0.2, -0.15) is 0 Å². The zero-order valence-electron chi connectivity index (χ0n) is 22.8. The van der Waals surface area contributed by atoms with Gasteiger partial charge in [-0.1, -0.05) is 130 Å². The number of rotatable bonds is 10. The summed E-state index contributed by atoms with van der Waals surface area (Å²) in [5.41, 5.74) is 10.1. The first-order valence-electron chi connectivity index (χ1n) is 13.6. The molecule has 0 aromatic heterocycles. The first-order chi connectivity index (χ1) is 19.1. The van der Waals surface area contributed by atoms with Crippen molar-refractivity contribution in [2.45, 2.75) is 40.0 Å². The fraction of sp³-hybridized carbons (Fsp3) is 0.167. The van der Waals surface area contributed by atoms with Crippen molar-refractivity contribution in [1.29, 1.82) is 0 Å². The molecule has 3 heteroatoms. The average Bonchev–Trinajstić information content (AvgIpc) is 2.98. The van der Waals surface area contributed by atoms with Crippen molar-refractivity contribution >= 4 is 54.6 Å². The molecule has 0 fully saturated rings. The summed E-state index contributed by atoms with van der Waals surface area (Å²) in [5, 5.41) is 0.823. The fourth-order valence-electron chi connectivity index (χ4n) is 4.59. The van der Waals surface area contributed by atoms with Crippen molar-refractivity contribution in [1.82, 2.24) is 0 Å². The Labute approximate surface area is 248 Å². The molecule has 0 aliphatic carbocycles. The summed E-state index contributed by atoms with van der Waals surface area (Å²) >= 11 is 2.33. The van der Waals surface area contributed by atoms with Crippen LogP contribution in [0.15, 0.2) is 97.1 Å². The summed E-state index contributed by atoms with van der Waals surface area (Å²) in [6, 6.07) is 28.2. The zero-order chi connectivity index (χ0) is 27.6. The van der Waals surface area contributed by atoms with Gasteiger partial charge in [-0.25, -0.2) is 0 Å². The third kappa shape index (κ3) is 7.12. The number of halogens is 1. The Bertz CT molecular complexity index is 1490. The minimum absolute atomic E-state index is 0.0156. The molecule has 0 unspecified atom stereocenters. The minimum atomic E-state index is 0.0156. The Balaban J connectivity index is 1.97. The maximum absolute atomic E-state index is 12.6. The van der Waals surface area contributed by atoms with Gasteiger partial charge in [0.25, 0.3) is 0 Å². The van der Waals surface area contributed by atoms with Crippen LogP contribution >= 0.6 is 31.1 Å². The van der Waals surface area contributed by atoms with Crippen molar-refractivity contribution in [3.05, 3.63) is 117 Å². The Morgan fingerprint density at radius 1 is 0.590 bits per heavy atom. The first-order valence-corrected chi connectivity index (χ1v) is 15.5. The van der Waals surface area contributed by atoms with E-state index in [1.54, 1.807) is 0 Å². The molecular weight excluding hydrogens is 606 g/mol. The van der Waals surface area contributed by atoms with E-state index < -0.39 is 0 Å². The fourth-order valence-corrected chi connectivity index (χ4v) is 5.96. The second-order valence-corrected chi connectivity index (χ2v) is 11.2. The van der Waals surface area contributed by atoms with Gasteiger partial charge >= 0.3 is 0 Å². The highest BCUT2D eigenvalue weighted by Crippen LogP contribution is 2.42. The van der Waals surface area contributed by atoms with Crippen LogP contribution in [-0.4, -0.2) is 0 Å². The van der Waals surface area contributed by atoms with Gasteiger partial charge in [0.2, 0.25) is 0 Å². The van der Waals surface area contributed by atoms with Crippen molar-refractivity contribution in [2.24, 2.45) is 0 Å². The molecule has 0 aliphatic heterocycles. The molecule has 0 radical (unpaired) electrons. The van der Waals surface area contributed by atoms with Gasteiger partial charge in [0.05, 0.1) is 5.30 Å². The lowest BCUT2D eigenvalue weighted by molar-refractivity contribution is 0.603. The number of hydrogen-bond donors (Lipinski definition) is 0.